The zero-order chi connectivity index (χ0) is 12.3. The Kier molecular flexibility index (Phi) is 3.97. The molecule has 1 saturated heterocycles. The van der Waals surface area contributed by atoms with Crippen molar-refractivity contribution in [3.8, 4) is 0 Å². The van der Waals surface area contributed by atoms with Crippen LogP contribution in [0.4, 0.5) is 4.39 Å². The summed E-state index contributed by atoms with van der Waals surface area (Å²) in [5, 5.41) is 6.35. The lowest BCUT2D eigenvalue weighted by molar-refractivity contribution is 0.0926. The average molecular weight is 257 g/mol. The molecule has 0 bridgehead atoms. The Balaban J connectivity index is 2.05. The first-order valence-electron chi connectivity index (χ1n) is 5.63. The molecule has 1 aromatic carbocycles. The molecule has 1 fully saturated rings. The zero-order valence-electron chi connectivity index (χ0n) is 9.30. The molecule has 2 N–H and O–H groups in total. The Bertz CT molecular complexity index is 419. The number of hydrogen-bond donors (Lipinski definition) is 2. The summed E-state index contributed by atoms with van der Waals surface area (Å²) in [6.07, 6.45) is 1.93. The number of hydrogen-bond acceptors (Lipinski definition) is 2. The van der Waals surface area contributed by atoms with Gasteiger partial charge in [0, 0.05) is 17.6 Å². The number of halogens is 2. The van der Waals surface area contributed by atoms with E-state index in [0.717, 1.165) is 25.9 Å². The van der Waals surface area contributed by atoms with Gasteiger partial charge in [-0.25, -0.2) is 4.39 Å². The molecular formula is C12H14ClFN2O. The Morgan fingerprint density at radius 3 is 3.06 bits per heavy atom. The van der Waals surface area contributed by atoms with E-state index in [4.69, 9.17) is 11.6 Å². The van der Waals surface area contributed by atoms with Crippen molar-refractivity contribution in [2.75, 3.05) is 13.1 Å². The lowest BCUT2D eigenvalue weighted by Gasteiger charge is -2.23. The van der Waals surface area contributed by atoms with Crippen LogP contribution in [-0.2, 0) is 0 Å². The standard InChI is InChI=1S/C12H14ClFN2O/c13-8-3-4-11(14)10(6-8)12(17)16-9-2-1-5-15-7-9/h3-4,6,9,15H,1-2,5,7H2,(H,16,17)/t9-/m0/s1. The Morgan fingerprint density at radius 2 is 2.35 bits per heavy atom. The van der Waals surface area contributed by atoms with Crippen LogP contribution < -0.4 is 10.6 Å². The van der Waals surface area contributed by atoms with Gasteiger partial charge in [0.15, 0.2) is 0 Å². The fourth-order valence-corrected chi connectivity index (χ4v) is 2.08. The summed E-state index contributed by atoms with van der Waals surface area (Å²) in [4.78, 5) is 11.8. The fraction of sp³-hybridized carbons (Fsp3) is 0.417. The highest BCUT2D eigenvalue weighted by Crippen LogP contribution is 2.15. The summed E-state index contributed by atoms with van der Waals surface area (Å²) < 4.78 is 13.4. The lowest BCUT2D eigenvalue weighted by Crippen LogP contribution is -2.45. The first-order chi connectivity index (χ1) is 8.16. The van der Waals surface area contributed by atoms with Crippen molar-refractivity contribution in [1.29, 1.82) is 0 Å². The number of nitrogens with one attached hydrogen (secondary N) is 2. The molecule has 5 heteroatoms. The summed E-state index contributed by atoms with van der Waals surface area (Å²) in [7, 11) is 0. The van der Waals surface area contributed by atoms with Crippen molar-refractivity contribution < 1.29 is 9.18 Å². The number of benzene rings is 1. The quantitative estimate of drug-likeness (QED) is 0.849. The molecular weight excluding hydrogens is 243 g/mol. The minimum Gasteiger partial charge on any atom is -0.348 e. The van der Waals surface area contributed by atoms with Crippen LogP contribution in [0.15, 0.2) is 18.2 Å². The molecule has 1 aromatic rings. The van der Waals surface area contributed by atoms with Gasteiger partial charge in [-0.1, -0.05) is 11.6 Å². The largest absolute Gasteiger partial charge is 0.348 e. The third kappa shape index (κ3) is 3.17. The van der Waals surface area contributed by atoms with Gasteiger partial charge in [-0.05, 0) is 37.6 Å². The highest BCUT2D eigenvalue weighted by atomic mass is 35.5. The predicted molar refractivity (Wildman–Crippen MR) is 64.8 cm³/mol. The molecule has 0 spiro atoms. The van der Waals surface area contributed by atoms with Crippen molar-refractivity contribution in [2.45, 2.75) is 18.9 Å². The number of rotatable bonds is 2. The van der Waals surface area contributed by atoms with E-state index in [-0.39, 0.29) is 11.6 Å². The van der Waals surface area contributed by atoms with Crippen LogP contribution in [0.25, 0.3) is 0 Å². The molecule has 1 heterocycles. The maximum Gasteiger partial charge on any atom is 0.254 e. The normalized spacial score (nSPS) is 20.0. The second-order valence-corrected chi connectivity index (χ2v) is 4.58. The summed E-state index contributed by atoms with van der Waals surface area (Å²) in [5.41, 5.74) is 0.00285. The maximum atomic E-state index is 13.4. The van der Waals surface area contributed by atoms with Gasteiger partial charge in [0.2, 0.25) is 0 Å². The second kappa shape index (κ2) is 5.47. The number of amides is 1. The van der Waals surface area contributed by atoms with E-state index in [1.165, 1.54) is 18.2 Å². The Labute approximate surface area is 104 Å². The van der Waals surface area contributed by atoms with Gasteiger partial charge in [-0.2, -0.15) is 0 Å². The molecule has 1 amide bonds. The highest BCUT2D eigenvalue weighted by molar-refractivity contribution is 6.31. The third-order valence-electron chi connectivity index (χ3n) is 2.81. The number of carbonyl (C=O) groups excluding carboxylic acids is 1. The van der Waals surface area contributed by atoms with E-state index < -0.39 is 11.7 Å². The van der Waals surface area contributed by atoms with Crippen molar-refractivity contribution >= 4 is 17.5 Å². The van der Waals surface area contributed by atoms with Crippen LogP contribution in [-0.4, -0.2) is 25.0 Å². The van der Waals surface area contributed by atoms with Crippen LogP contribution in [0.5, 0.6) is 0 Å². The van der Waals surface area contributed by atoms with Gasteiger partial charge in [0.1, 0.15) is 5.82 Å². The van der Waals surface area contributed by atoms with E-state index in [9.17, 15) is 9.18 Å². The Morgan fingerprint density at radius 1 is 1.53 bits per heavy atom. The van der Waals surface area contributed by atoms with Gasteiger partial charge < -0.3 is 10.6 Å². The summed E-state index contributed by atoms with van der Waals surface area (Å²) in [5.74, 6) is -0.950. The van der Waals surface area contributed by atoms with E-state index >= 15 is 0 Å². The van der Waals surface area contributed by atoms with Crippen LogP contribution in [0.1, 0.15) is 23.2 Å². The fourth-order valence-electron chi connectivity index (χ4n) is 1.91. The average Bonchev–Trinajstić information content (AvgIpc) is 2.33. The van der Waals surface area contributed by atoms with Gasteiger partial charge >= 0.3 is 0 Å². The first-order valence-corrected chi connectivity index (χ1v) is 6.01. The van der Waals surface area contributed by atoms with E-state index in [2.05, 4.69) is 10.6 Å². The SMILES string of the molecule is O=C(N[C@H]1CCCNC1)c1cc(Cl)ccc1F. The Hall–Kier alpha value is -1.13. The summed E-state index contributed by atoms with van der Waals surface area (Å²) in [6.45, 7) is 1.70. The molecule has 1 aliphatic heterocycles. The van der Waals surface area contributed by atoms with E-state index in [0.29, 0.717) is 5.02 Å². The van der Waals surface area contributed by atoms with Crippen molar-refractivity contribution in [1.82, 2.24) is 10.6 Å². The third-order valence-corrected chi connectivity index (χ3v) is 3.04. The van der Waals surface area contributed by atoms with Crippen LogP contribution in [0, 0.1) is 5.82 Å². The minimum absolute atomic E-state index is 0.00285. The molecule has 0 aliphatic carbocycles. The molecule has 0 radical (unpaired) electrons. The van der Waals surface area contributed by atoms with Crippen molar-refractivity contribution in [3.63, 3.8) is 0 Å². The molecule has 0 aromatic heterocycles. The maximum absolute atomic E-state index is 13.4. The summed E-state index contributed by atoms with van der Waals surface area (Å²) in [6, 6.07) is 4.05. The number of carbonyl (C=O) groups is 1. The first kappa shape index (κ1) is 12.3. The highest BCUT2D eigenvalue weighted by Gasteiger charge is 2.18. The lowest BCUT2D eigenvalue weighted by atomic mass is 10.1. The molecule has 0 unspecified atom stereocenters. The molecule has 2 rings (SSSR count). The monoisotopic (exact) mass is 256 g/mol. The summed E-state index contributed by atoms with van der Waals surface area (Å²) >= 11 is 5.74. The molecule has 3 nitrogen and oxygen atoms in total. The van der Waals surface area contributed by atoms with Gasteiger partial charge in [0.05, 0.1) is 5.56 Å². The molecule has 17 heavy (non-hydrogen) atoms. The molecule has 1 aliphatic rings. The topological polar surface area (TPSA) is 41.1 Å². The van der Waals surface area contributed by atoms with Crippen LogP contribution in [0.3, 0.4) is 0 Å². The minimum atomic E-state index is -0.546. The van der Waals surface area contributed by atoms with Crippen LogP contribution >= 0.6 is 11.6 Å². The zero-order valence-corrected chi connectivity index (χ0v) is 10.1. The predicted octanol–water partition coefficient (Wildman–Crippen LogP) is 1.96. The van der Waals surface area contributed by atoms with E-state index in [1.807, 2.05) is 0 Å². The van der Waals surface area contributed by atoms with Gasteiger partial charge in [-0.3, -0.25) is 4.79 Å². The van der Waals surface area contributed by atoms with Crippen LogP contribution in [0.2, 0.25) is 5.02 Å². The molecule has 1 atom stereocenters. The van der Waals surface area contributed by atoms with Crippen molar-refractivity contribution in [3.05, 3.63) is 34.6 Å². The number of piperidine rings is 1. The van der Waals surface area contributed by atoms with Gasteiger partial charge in [-0.15, -0.1) is 0 Å². The smallest absolute Gasteiger partial charge is 0.254 e. The van der Waals surface area contributed by atoms with Gasteiger partial charge in [0.25, 0.3) is 5.91 Å². The molecule has 0 saturated carbocycles. The van der Waals surface area contributed by atoms with Crippen molar-refractivity contribution in [2.24, 2.45) is 0 Å². The molecule has 92 valence electrons. The second-order valence-electron chi connectivity index (χ2n) is 4.14. The van der Waals surface area contributed by atoms with E-state index in [1.54, 1.807) is 0 Å².